The molecule has 8 heteroatoms. The summed E-state index contributed by atoms with van der Waals surface area (Å²) in [5.41, 5.74) is 12.8. The van der Waals surface area contributed by atoms with Crippen LogP contribution in [-0.2, 0) is 4.74 Å². The summed E-state index contributed by atoms with van der Waals surface area (Å²) in [5.74, 6) is 1.50. The van der Waals surface area contributed by atoms with E-state index in [1.807, 2.05) is 29.2 Å². The smallest absolute Gasteiger partial charge is 0.220 e. The van der Waals surface area contributed by atoms with Crippen molar-refractivity contribution in [3.63, 3.8) is 0 Å². The number of nitrogens with zero attached hydrogens (tertiary/aromatic N) is 4. The van der Waals surface area contributed by atoms with Crippen molar-refractivity contribution in [2.24, 2.45) is 21.5 Å². The first-order valence-electron chi connectivity index (χ1n) is 10.2. The lowest BCUT2D eigenvalue weighted by Crippen LogP contribution is -2.58. The largest absolute Gasteiger partial charge is 0.492 e. The topological polar surface area (TPSA) is 102 Å². The molecule has 0 unspecified atom stereocenters. The molecule has 2 aliphatic heterocycles. The highest BCUT2D eigenvalue weighted by molar-refractivity contribution is 6.05. The minimum absolute atomic E-state index is 0.272. The molecule has 8 nitrogen and oxygen atoms in total. The van der Waals surface area contributed by atoms with Crippen molar-refractivity contribution in [3.8, 4) is 5.75 Å². The van der Waals surface area contributed by atoms with Crippen molar-refractivity contribution in [1.29, 1.82) is 0 Å². The second kappa shape index (κ2) is 8.36. The van der Waals surface area contributed by atoms with E-state index in [2.05, 4.69) is 9.89 Å². The molecule has 1 saturated heterocycles. The van der Waals surface area contributed by atoms with Gasteiger partial charge in [0, 0.05) is 31.4 Å². The van der Waals surface area contributed by atoms with E-state index in [-0.39, 0.29) is 5.96 Å². The first kappa shape index (κ1) is 19.0. The van der Waals surface area contributed by atoms with Crippen LogP contribution in [-0.4, -0.2) is 61.9 Å². The normalized spacial score (nSPS) is 22.6. The maximum atomic E-state index is 6.31. The van der Waals surface area contributed by atoms with Gasteiger partial charge in [-0.2, -0.15) is 4.99 Å². The van der Waals surface area contributed by atoms with Gasteiger partial charge in [0.1, 0.15) is 18.0 Å². The fourth-order valence-electron chi connectivity index (χ4n) is 4.32. The number of nitrogens with two attached hydrogens (primary N) is 2. The number of hydrogen-bond donors (Lipinski definition) is 2. The van der Waals surface area contributed by atoms with Gasteiger partial charge in [0.25, 0.3) is 0 Å². The highest BCUT2D eigenvalue weighted by Crippen LogP contribution is 2.40. The highest BCUT2D eigenvalue weighted by Gasteiger charge is 2.42. The second-order valence-corrected chi connectivity index (χ2v) is 7.62. The molecule has 1 aliphatic carbocycles. The highest BCUT2D eigenvalue weighted by atomic mass is 16.5. The number of ether oxygens (including phenoxy) is 2. The van der Waals surface area contributed by atoms with Gasteiger partial charge < -0.3 is 20.9 Å². The predicted octanol–water partition coefficient (Wildman–Crippen LogP) is 1.51. The first-order valence-corrected chi connectivity index (χ1v) is 10.2. The Morgan fingerprint density at radius 1 is 1.11 bits per heavy atom. The molecule has 2 heterocycles. The van der Waals surface area contributed by atoms with Crippen LogP contribution >= 0.6 is 0 Å². The molecule has 28 heavy (non-hydrogen) atoms. The van der Waals surface area contributed by atoms with Gasteiger partial charge in [-0.15, -0.1) is 0 Å². The standard InChI is InChI=1S/C20H30N6O2/c21-18-23-19(22)26(20(24-18)7-2-1-3-8-20)16-5-4-6-17(15-16)28-14-11-25-9-12-27-13-10-25/h4-6,15H,1-3,7-14H2,(H4,21,22,23,24). The molecular weight excluding hydrogens is 356 g/mol. The summed E-state index contributed by atoms with van der Waals surface area (Å²) in [6.45, 7) is 5.07. The third-order valence-corrected chi connectivity index (χ3v) is 5.71. The van der Waals surface area contributed by atoms with Crippen molar-refractivity contribution < 1.29 is 9.47 Å². The molecule has 1 saturated carbocycles. The Morgan fingerprint density at radius 2 is 1.89 bits per heavy atom. The van der Waals surface area contributed by atoms with Gasteiger partial charge in [-0.05, 0) is 37.8 Å². The zero-order valence-electron chi connectivity index (χ0n) is 16.3. The maximum Gasteiger partial charge on any atom is 0.220 e. The summed E-state index contributed by atoms with van der Waals surface area (Å²) < 4.78 is 11.4. The molecule has 0 aromatic heterocycles. The number of morpholine rings is 1. The molecule has 4 rings (SSSR count). The number of hydrogen-bond acceptors (Lipinski definition) is 8. The number of benzene rings is 1. The first-order chi connectivity index (χ1) is 13.7. The molecule has 4 N–H and O–H groups in total. The Bertz CT molecular complexity index is 738. The quantitative estimate of drug-likeness (QED) is 0.795. The lowest BCUT2D eigenvalue weighted by atomic mass is 9.87. The Labute approximate surface area is 166 Å². The minimum atomic E-state index is -0.430. The summed E-state index contributed by atoms with van der Waals surface area (Å²) in [6, 6.07) is 8.02. The molecule has 1 spiro atoms. The van der Waals surface area contributed by atoms with Crippen molar-refractivity contribution in [2.45, 2.75) is 37.8 Å². The van der Waals surface area contributed by atoms with E-state index >= 15 is 0 Å². The summed E-state index contributed by atoms with van der Waals surface area (Å²) in [4.78, 5) is 13.4. The zero-order chi connectivity index (χ0) is 19.4. The summed E-state index contributed by atoms with van der Waals surface area (Å²) >= 11 is 0. The van der Waals surface area contributed by atoms with E-state index in [1.165, 1.54) is 6.42 Å². The summed E-state index contributed by atoms with van der Waals surface area (Å²) in [5, 5.41) is 0. The van der Waals surface area contributed by atoms with Crippen LogP contribution in [0.15, 0.2) is 34.3 Å². The molecule has 1 aromatic carbocycles. The molecule has 3 aliphatic rings. The Kier molecular flexibility index (Phi) is 5.68. The second-order valence-electron chi connectivity index (χ2n) is 7.62. The Morgan fingerprint density at radius 3 is 2.68 bits per heavy atom. The van der Waals surface area contributed by atoms with Crippen LogP contribution < -0.4 is 21.1 Å². The lowest BCUT2D eigenvalue weighted by Gasteiger charge is -2.45. The van der Waals surface area contributed by atoms with E-state index in [4.69, 9.17) is 25.9 Å². The van der Waals surface area contributed by atoms with Gasteiger partial charge >= 0.3 is 0 Å². The number of guanidine groups is 2. The van der Waals surface area contributed by atoms with E-state index < -0.39 is 5.66 Å². The molecule has 0 bridgehead atoms. The molecule has 0 radical (unpaired) electrons. The number of aliphatic imine (C=N–C) groups is 2. The van der Waals surface area contributed by atoms with Gasteiger partial charge in [-0.3, -0.25) is 9.80 Å². The Hall–Kier alpha value is -2.32. The fourth-order valence-corrected chi connectivity index (χ4v) is 4.32. The van der Waals surface area contributed by atoms with Gasteiger partial charge in [0.2, 0.25) is 11.9 Å². The van der Waals surface area contributed by atoms with Crippen LogP contribution in [0.5, 0.6) is 5.75 Å². The maximum absolute atomic E-state index is 6.31. The number of rotatable bonds is 5. The molecular formula is C20H30N6O2. The molecule has 0 atom stereocenters. The SMILES string of the molecule is NC1=NC2(CCCCC2)N(c2cccc(OCCN3CCOCC3)c2)C(N)=N1. The van der Waals surface area contributed by atoms with Gasteiger partial charge in [0.15, 0.2) is 0 Å². The van der Waals surface area contributed by atoms with E-state index in [0.717, 1.165) is 70.0 Å². The zero-order valence-corrected chi connectivity index (χ0v) is 16.3. The monoisotopic (exact) mass is 386 g/mol. The van der Waals surface area contributed by atoms with Crippen molar-refractivity contribution in [1.82, 2.24) is 4.90 Å². The van der Waals surface area contributed by atoms with E-state index in [1.54, 1.807) is 0 Å². The fraction of sp³-hybridized carbons (Fsp3) is 0.600. The van der Waals surface area contributed by atoms with Gasteiger partial charge in [-0.25, -0.2) is 4.99 Å². The van der Waals surface area contributed by atoms with Gasteiger partial charge in [0.05, 0.1) is 13.2 Å². The summed E-state index contributed by atoms with van der Waals surface area (Å²) in [6.07, 6.45) is 5.28. The van der Waals surface area contributed by atoms with Crippen LogP contribution in [0.3, 0.4) is 0 Å². The minimum Gasteiger partial charge on any atom is -0.492 e. The van der Waals surface area contributed by atoms with Crippen molar-refractivity contribution in [3.05, 3.63) is 24.3 Å². The molecule has 0 amide bonds. The average Bonchev–Trinajstić information content (AvgIpc) is 2.69. The van der Waals surface area contributed by atoms with Crippen LogP contribution in [0.1, 0.15) is 32.1 Å². The van der Waals surface area contributed by atoms with Gasteiger partial charge in [-0.1, -0.05) is 12.5 Å². The average molecular weight is 387 g/mol. The molecule has 2 fully saturated rings. The summed E-state index contributed by atoms with van der Waals surface area (Å²) in [7, 11) is 0. The lowest BCUT2D eigenvalue weighted by molar-refractivity contribution is 0.0322. The van der Waals surface area contributed by atoms with Crippen molar-refractivity contribution >= 4 is 17.6 Å². The van der Waals surface area contributed by atoms with Crippen LogP contribution in [0.4, 0.5) is 5.69 Å². The van der Waals surface area contributed by atoms with E-state index in [9.17, 15) is 0 Å². The van der Waals surface area contributed by atoms with E-state index in [0.29, 0.717) is 12.6 Å². The van der Waals surface area contributed by atoms with Crippen LogP contribution in [0.25, 0.3) is 0 Å². The third kappa shape index (κ3) is 4.07. The Balaban J connectivity index is 1.48. The molecule has 152 valence electrons. The van der Waals surface area contributed by atoms with Crippen molar-refractivity contribution in [2.75, 3.05) is 44.4 Å². The van der Waals surface area contributed by atoms with Crippen LogP contribution in [0.2, 0.25) is 0 Å². The van der Waals surface area contributed by atoms with Crippen LogP contribution in [0, 0.1) is 0 Å². The number of anilines is 1. The molecule has 1 aromatic rings. The third-order valence-electron chi connectivity index (χ3n) is 5.71. The predicted molar refractivity (Wildman–Crippen MR) is 111 cm³/mol.